The van der Waals surface area contributed by atoms with Crippen LogP contribution in [0.1, 0.15) is 30.9 Å². The number of rotatable bonds is 9. The Morgan fingerprint density at radius 1 is 1.03 bits per heavy atom. The van der Waals surface area contributed by atoms with Gasteiger partial charge in [-0.2, -0.15) is 0 Å². The third-order valence-corrected chi connectivity index (χ3v) is 5.28. The number of benzene rings is 2. The van der Waals surface area contributed by atoms with Crippen LogP contribution in [-0.4, -0.2) is 51.2 Å². The normalized spacial score (nSPS) is 12.9. The summed E-state index contributed by atoms with van der Waals surface area (Å²) in [4.78, 5) is 19.1. The van der Waals surface area contributed by atoms with Crippen LogP contribution in [0.5, 0.6) is 17.2 Å². The number of fused-ring (bicyclic) bond motifs is 1. The Labute approximate surface area is 189 Å². The van der Waals surface area contributed by atoms with Gasteiger partial charge in [-0.1, -0.05) is 24.3 Å². The fraction of sp³-hybridized carbons (Fsp3) is 0.417. The van der Waals surface area contributed by atoms with Crippen molar-refractivity contribution in [1.82, 2.24) is 10.2 Å². The number of amides is 1. The van der Waals surface area contributed by atoms with Crippen LogP contribution in [-0.2, 0) is 17.9 Å². The predicted molar refractivity (Wildman–Crippen MR) is 126 cm³/mol. The number of hydrogen-bond donors (Lipinski definition) is 2. The van der Waals surface area contributed by atoms with Crippen LogP contribution < -0.4 is 24.8 Å². The fourth-order valence-corrected chi connectivity index (χ4v) is 3.69. The lowest BCUT2D eigenvalue weighted by Gasteiger charge is -2.17. The summed E-state index contributed by atoms with van der Waals surface area (Å²) >= 11 is 0. The number of hydrogen-bond acceptors (Lipinski definition) is 5. The lowest BCUT2D eigenvalue weighted by molar-refractivity contribution is -0.131. The predicted octanol–water partition coefficient (Wildman–Crippen LogP) is 3.41. The van der Waals surface area contributed by atoms with E-state index < -0.39 is 0 Å². The van der Waals surface area contributed by atoms with Crippen molar-refractivity contribution in [3.63, 3.8) is 0 Å². The molecule has 8 nitrogen and oxygen atoms in total. The van der Waals surface area contributed by atoms with Gasteiger partial charge in [0.1, 0.15) is 0 Å². The topological polar surface area (TPSA) is 84.4 Å². The van der Waals surface area contributed by atoms with Crippen molar-refractivity contribution in [2.45, 2.75) is 32.9 Å². The van der Waals surface area contributed by atoms with Crippen LogP contribution in [0.25, 0.3) is 0 Å². The van der Waals surface area contributed by atoms with Gasteiger partial charge in [0.15, 0.2) is 17.5 Å². The summed E-state index contributed by atoms with van der Waals surface area (Å²) in [5.74, 6) is 2.44. The fourth-order valence-electron chi connectivity index (χ4n) is 3.69. The van der Waals surface area contributed by atoms with Crippen molar-refractivity contribution < 1.29 is 19.0 Å². The molecule has 3 rings (SSSR count). The molecular formula is C24H32N4O4. The zero-order valence-electron chi connectivity index (χ0n) is 19.2. The van der Waals surface area contributed by atoms with Crippen LogP contribution >= 0.6 is 0 Å². The van der Waals surface area contributed by atoms with Gasteiger partial charge in [-0.25, -0.2) is 0 Å². The molecule has 0 aromatic heterocycles. The minimum Gasteiger partial charge on any atom is -0.493 e. The zero-order chi connectivity index (χ0) is 22.9. The van der Waals surface area contributed by atoms with Gasteiger partial charge in [0.2, 0.25) is 11.7 Å². The zero-order valence-corrected chi connectivity index (χ0v) is 19.2. The Morgan fingerprint density at radius 2 is 1.66 bits per heavy atom. The molecule has 0 saturated heterocycles. The number of aliphatic imine (C=N–C) groups is 1. The molecule has 0 fully saturated rings. The summed E-state index contributed by atoms with van der Waals surface area (Å²) in [6.45, 7) is 4.64. The first kappa shape index (κ1) is 23.2. The van der Waals surface area contributed by atoms with Gasteiger partial charge >= 0.3 is 0 Å². The number of anilines is 1. The maximum Gasteiger partial charge on any atom is 0.223 e. The van der Waals surface area contributed by atoms with Crippen LogP contribution in [0.15, 0.2) is 41.4 Å². The summed E-state index contributed by atoms with van der Waals surface area (Å²) in [5.41, 5.74) is 3.23. The highest BCUT2D eigenvalue weighted by Gasteiger charge is 2.22. The molecule has 0 atom stereocenters. The molecule has 0 radical (unpaired) electrons. The van der Waals surface area contributed by atoms with Gasteiger partial charge in [-0.15, -0.1) is 0 Å². The van der Waals surface area contributed by atoms with Crippen LogP contribution in [0.3, 0.4) is 0 Å². The third kappa shape index (κ3) is 5.63. The molecule has 8 heteroatoms. The number of carbonyl (C=O) groups excluding carboxylic acids is 1. The summed E-state index contributed by atoms with van der Waals surface area (Å²) in [5, 5.41) is 6.48. The van der Waals surface area contributed by atoms with Crippen molar-refractivity contribution in [3.8, 4) is 17.2 Å². The second kappa shape index (κ2) is 11.3. The minimum atomic E-state index is 0.166. The van der Waals surface area contributed by atoms with Crippen LogP contribution in [0.4, 0.5) is 5.69 Å². The maximum atomic E-state index is 12.6. The summed E-state index contributed by atoms with van der Waals surface area (Å²) in [6, 6.07) is 11.9. The van der Waals surface area contributed by atoms with Crippen LogP contribution in [0, 0.1) is 0 Å². The van der Waals surface area contributed by atoms with E-state index in [1.165, 1.54) is 11.1 Å². The molecule has 1 heterocycles. The van der Waals surface area contributed by atoms with Crippen molar-refractivity contribution >= 4 is 17.6 Å². The first-order valence-electron chi connectivity index (χ1n) is 10.8. The Morgan fingerprint density at radius 3 is 2.19 bits per heavy atom. The lowest BCUT2D eigenvalue weighted by atomic mass is 10.1. The molecule has 0 aliphatic carbocycles. The van der Waals surface area contributed by atoms with Gasteiger partial charge in [0.05, 0.1) is 21.3 Å². The molecule has 0 spiro atoms. The maximum absolute atomic E-state index is 12.6. The molecule has 172 valence electrons. The minimum absolute atomic E-state index is 0.166. The van der Waals surface area contributed by atoms with E-state index in [1.807, 2.05) is 36.1 Å². The summed E-state index contributed by atoms with van der Waals surface area (Å²) < 4.78 is 16.2. The largest absolute Gasteiger partial charge is 0.493 e. The van der Waals surface area contributed by atoms with E-state index in [1.54, 1.807) is 21.3 Å². The van der Waals surface area contributed by atoms with Gasteiger partial charge < -0.3 is 29.7 Å². The molecule has 0 bridgehead atoms. The Kier molecular flexibility index (Phi) is 8.19. The van der Waals surface area contributed by atoms with E-state index in [9.17, 15) is 4.79 Å². The van der Waals surface area contributed by atoms with Gasteiger partial charge in [0.25, 0.3) is 0 Å². The quantitative estimate of drug-likeness (QED) is 0.353. The molecule has 0 saturated carbocycles. The monoisotopic (exact) mass is 440 g/mol. The Bertz CT molecular complexity index is 911. The number of nitrogens with one attached hydrogen (secondary N) is 2. The molecule has 2 aromatic carbocycles. The van der Waals surface area contributed by atoms with Crippen LogP contribution in [0.2, 0.25) is 0 Å². The van der Waals surface area contributed by atoms with E-state index in [0.717, 1.165) is 5.69 Å². The average Bonchev–Trinajstić information content (AvgIpc) is 3.25. The SMILES string of the molecule is CCNC(=NCCCC(=O)N1Cc2ccccc2C1)Nc1cc(OC)c(OC)c(OC)c1. The van der Waals surface area contributed by atoms with Gasteiger partial charge in [-0.05, 0) is 24.5 Å². The van der Waals surface area contributed by atoms with E-state index in [2.05, 4.69) is 27.8 Å². The number of carbonyl (C=O) groups is 1. The standard InChI is InChI=1S/C24H32N4O4/c1-5-25-24(27-19-13-20(30-2)23(32-4)21(14-19)31-3)26-12-8-11-22(29)28-15-17-9-6-7-10-18(17)16-28/h6-7,9-10,13-14H,5,8,11-12,15-16H2,1-4H3,(H2,25,26,27). The molecule has 2 aromatic rings. The molecule has 1 aliphatic heterocycles. The van der Waals surface area contributed by atoms with Crippen molar-refractivity contribution in [3.05, 3.63) is 47.5 Å². The highest BCUT2D eigenvalue weighted by atomic mass is 16.5. The first-order valence-corrected chi connectivity index (χ1v) is 10.8. The third-order valence-electron chi connectivity index (χ3n) is 5.28. The molecular weight excluding hydrogens is 408 g/mol. The number of methoxy groups -OCH3 is 3. The number of nitrogens with zero attached hydrogens (tertiary/aromatic N) is 2. The lowest BCUT2D eigenvalue weighted by Crippen LogP contribution is -2.31. The second-order valence-electron chi connectivity index (χ2n) is 7.42. The molecule has 2 N–H and O–H groups in total. The van der Waals surface area contributed by atoms with Crippen molar-refractivity contribution in [1.29, 1.82) is 0 Å². The number of guanidine groups is 1. The smallest absolute Gasteiger partial charge is 0.223 e. The summed E-state index contributed by atoms with van der Waals surface area (Å²) in [7, 11) is 4.73. The average molecular weight is 441 g/mol. The number of ether oxygens (including phenoxy) is 3. The molecule has 1 amide bonds. The van der Waals surface area contributed by atoms with E-state index in [-0.39, 0.29) is 5.91 Å². The van der Waals surface area contributed by atoms with Gasteiger partial charge in [-0.3, -0.25) is 9.79 Å². The summed E-state index contributed by atoms with van der Waals surface area (Å²) in [6.07, 6.45) is 1.15. The highest BCUT2D eigenvalue weighted by molar-refractivity contribution is 5.94. The Hall–Kier alpha value is -3.42. The van der Waals surface area contributed by atoms with Crippen molar-refractivity contribution in [2.24, 2.45) is 4.99 Å². The van der Waals surface area contributed by atoms with Crippen molar-refractivity contribution in [2.75, 3.05) is 39.7 Å². The van der Waals surface area contributed by atoms with E-state index >= 15 is 0 Å². The second-order valence-corrected chi connectivity index (χ2v) is 7.42. The molecule has 32 heavy (non-hydrogen) atoms. The van der Waals surface area contributed by atoms with E-state index in [0.29, 0.717) is 62.2 Å². The van der Waals surface area contributed by atoms with E-state index in [4.69, 9.17) is 14.2 Å². The van der Waals surface area contributed by atoms with Gasteiger partial charge in [0, 0.05) is 50.4 Å². The highest BCUT2D eigenvalue weighted by Crippen LogP contribution is 2.39. The first-order chi connectivity index (χ1) is 15.6. The molecule has 1 aliphatic rings. The molecule has 0 unspecified atom stereocenters. The Balaban J connectivity index is 1.57.